The van der Waals surface area contributed by atoms with Crippen molar-refractivity contribution < 1.29 is 9.53 Å². The number of fused-ring (bicyclic) bond motifs is 1. The lowest BCUT2D eigenvalue weighted by molar-refractivity contribution is 0.0938. The second-order valence-electron chi connectivity index (χ2n) is 6.96. The van der Waals surface area contributed by atoms with Crippen LogP contribution in [-0.4, -0.2) is 40.7 Å². The van der Waals surface area contributed by atoms with Gasteiger partial charge < -0.3 is 10.1 Å². The second-order valence-corrected chi connectivity index (χ2v) is 6.96. The number of rotatable bonds is 7. The molecule has 0 bridgehead atoms. The number of amides is 1. The number of hydrogen-bond donors (Lipinski definition) is 2. The van der Waals surface area contributed by atoms with E-state index in [0.29, 0.717) is 25.4 Å². The van der Waals surface area contributed by atoms with E-state index in [1.165, 1.54) is 4.57 Å². The molecule has 0 aliphatic rings. The van der Waals surface area contributed by atoms with Gasteiger partial charge in [-0.15, -0.1) is 0 Å². The molecule has 0 aliphatic heterocycles. The Morgan fingerprint density at radius 2 is 2.00 bits per heavy atom. The van der Waals surface area contributed by atoms with Crippen LogP contribution in [0.15, 0.2) is 15.7 Å². The van der Waals surface area contributed by atoms with Gasteiger partial charge in [-0.3, -0.25) is 19.1 Å². The number of aromatic amines is 1. The zero-order chi connectivity index (χ0) is 19.4. The Hall–Kier alpha value is -2.48. The molecule has 0 fully saturated rings. The first-order valence-electron chi connectivity index (χ1n) is 8.71. The molecule has 2 rings (SSSR count). The number of H-pyrrole nitrogens is 1. The summed E-state index contributed by atoms with van der Waals surface area (Å²) in [5, 5.41) is 2.86. The monoisotopic (exact) mass is 362 g/mol. The summed E-state index contributed by atoms with van der Waals surface area (Å²) in [6.07, 6.45) is 0. The molecule has 0 aromatic carbocycles. The highest BCUT2D eigenvalue weighted by atomic mass is 16.5. The SMILES string of the molecule is COCCNC(=O)c1cc(C(C)C)nc2c1c(=O)[nH]c(=O)n2CC(C)C. The Kier molecular flexibility index (Phi) is 6.31. The molecule has 0 saturated carbocycles. The molecule has 2 aromatic rings. The molecule has 2 N–H and O–H groups in total. The van der Waals surface area contributed by atoms with Crippen LogP contribution in [0.3, 0.4) is 0 Å². The largest absolute Gasteiger partial charge is 0.383 e. The van der Waals surface area contributed by atoms with Crippen molar-refractivity contribution in [1.29, 1.82) is 0 Å². The minimum Gasteiger partial charge on any atom is -0.383 e. The fraction of sp³-hybridized carbons (Fsp3) is 0.556. The standard InChI is InChI=1S/C18H26N4O4/c1-10(2)9-22-15-14(17(24)21-18(22)25)12(8-13(20-15)11(3)4)16(23)19-6-7-26-5/h8,10-11H,6-7,9H2,1-5H3,(H,19,23)(H,21,24,25). The van der Waals surface area contributed by atoms with Crippen LogP contribution in [0.2, 0.25) is 0 Å². The van der Waals surface area contributed by atoms with Crippen LogP contribution < -0.4 is 16.6 Å². The number of methoxy groups -OCH3 is 1. The van der Waals surface area contributed by atoms with Crippen molar-refractivity contribution in [3.8, 4) is 0 Å². The summed E-state index contributed by atoms with van der Waals surface area (Å²) < 4.78 is 6.37. The van der Waals surface area contributed by atoms with Crippen LogP contribution in [0.4, 0.5) is 0 Å². The van der Waals surface area contributed by atoms with Crippen LogP contribution in [-0.2, 0) is 11.3 Å². The second kappa shape index (κ2) is 8.27. The maximum Gasteiger partial charge on any atom is 0.330 e. The van der Waals surface area contributed by atoms with Gasteiger partial charge in [0.15, 0.2) is 5.65 Å². The van der Waals surface area contributed by atoms with Gasteiger partial charge in [-0.2, -0.15) is 0 Å². The summed E-state index contributed by atoms with van der Waals surface area (Å²) in [4.78, 5) is 44.3. The van der Waals surface area contributed by atoms with Gasteiger partial charge in [0, 0.05) is 25.9 Å². The molecule has 2 aromatic heterocycles. The van der Waals surface area contributed by atoms with Crippen molar-refractivity contribution in [3.63, 3.8) is 0 Å². The Bertz CT molecular complexity index is 912. The molecule has 8 nitrogen and oxygen atoms in total. The predicted molar refractivity (Wildman–Crippen MR) is 99.8 cm³/mol. The van der Waals surface area contributed by atoms with Crippen LogP contribution >= 0.6 is 0 Å². The Balaban J connectivity index is 2.76. The van der Waals surface area contributed by atoms with Crippen LogP contribution in [0.5, 0.6) is 0 Å². The third-order valence-corrected chi connectivity index (χ3v) is 3.94. The minimum atomic E-state index is -0.607. The smallest absolute Gasteiger partial charge is 0.330 e. The molecule has 0 atom stereocenters. The van der Waals surface area contributed by atoms with E-state index in [4.69, 9.17) is 4.74 Å². The first kappa shape index (κ1) is 19.8. The fourth-order valence-corrected chi connectivity index (χ4v) is 2.66. The van der Waals surface area contributed by atoms with E-state index in [1.807, 2.05) is 27.7 Å². The van der Waals surface area contributed by atoms with Crippen molar-refractivity contribution in [2.24, 2.45) is 5.92 Å². The zero-order valence-electron chi connectivity index (χ0n) is 15.9. The van der Waals surface area contributed by atoms with Gasteiger partial charge in [0.2, 0.25) is 0 Å². The van der Waals surface area contributed by atoms with E-state index in [0.717, 1.165) is 0 Å². The van der Waals surface area contributed by atoms with Crippen LogP contribution in [0, 0.1) is 5.92 Å². The van der Waals surface area contributed by atoms with Gasteiger partial charge in [0.25, 0.3) is 11.5 Å². The maximum atomic E-state index is 12.6. The van der Waals surface area contributed by atoms with E-state index in [-0.39, 0.29) is 28.4 Å². The number of carbonyl (C=O) groups is 1. The van der Waals surface area contributed by atoms with E-state index in [1.54, 1.807) is 13.2 Å². The first-order valence-corrected chi connectivity index (χ1v) is 8.71. The molecule has 0 radical (unpaired) electrons. The lowest BCUT2D eigenvalue weighted by atomic mass is 10.0. The quantitative estimate of drug-likeness (QED) is 0.721. The van der Waals surface area contributed by atoms with Crippen LogP contribution in [0.25, 0.3) is 11.0 Å². The normalized spacial score (nSPS) is 11.5. The average Bonchev–Trinajstić information content (AvgIpc) is 2.57. The third kappa shape index (κ3) is 4.19. The molecule has 142 valence electrons. The highest BCUT2D eigenvalue weighted by molar-refractivity contribution is 6.05. The summed E-state index contributed by atoms with van der Waals surface area (Å²) >= 11 is 0. The van der Waals surface area contributed by atoms with Crippen molar-refractivity contribution in [1.82, 2.24) is 19.9 Å². The summed E-state index contributed by atoms with van der Waals surface area (Å²) in [7, 11) is 1.54. The highest BCUT2D eigenvalue weighted by Crippen LogP contribution is 2.20. The molecule has 0 unspecified atom stereocenters. The molecule has 0 aliphatic carbocycles. The summed E-state index contributed by atoms with van der Waals surface area (Å²) in [6.45, 7) is 8.89. The van der Waals surface area contributed by atoms with Crippen molar-refractivity contribution in [3.05, 3.63) is 38.2 Å². The lowest BCUT2D eigenvalue weighted by Crippen LogP contribution is -2.35. The van der Waals surface area contributed by atoms with E-state index >= 15 is 0 Å². The number of nitrogens with zero attached hydrogens (tertiary/aromatic N) is 2. The summed E-state index contributed by atoms with van der Waals surface area (Å²) in [5.41, 5.74) is -0.0129. The number of hydrogen-bond acceptors (Lipinski definition) is 5. The van der Waals surface area contributed by atoms with E-state index in [2.05, 4.69) is 15.3 Å². The third-order valence-electron chi connectivity index (χ3n) is 3.94. The van der Waals surface area contributed by atoms with Gasteiger partial charge in [-0.05, 0) is 17.9 Å². The molecule has 0 spiro atoms. The Morgan fingerprint density at radius 1 is 1.31 bits per heavy atom. The number of pyridine rings is 1. The van der Waals surface area contributed by atoms with Crippen LogP contribution in [0.1, 0.15) is 49.7 Å². The Labute approximate surface area is 151 Å². The zero-order valence-corrected chi connectivity index (χ0v) is 15.9. The number of carbonyl (C=O) groups excluding carboxylic acids is 1. The Morgan fingerprint density at radius 3 is 2.58 bits per heavy atom. The minimum absolute atomic E-state index is 0.0341. The molecular formula is C18H26N4O4. The summed E-state index contributed by atoms with van der Waals surface area (Å²) in [6, 6.07) is 1.62. The topological polar surface area (TPSA) is 106 Å². The number of aromatic nitrogens is 3. The molecule has 1 amide bonds. The van der Waals surface area contributed by atoms with E-state index < -0.39 is 17.2 Å². The molecule has 8 heteroatoms. The fourth-order valence-electron chi connectivity index (χ4n) is 2.66. The molecule has 26 heavy (non-hydrogen) atoms. The predicted octanol–water partition coefficient (Wildman–Crippen LogP) is 1.24. The van der Waals surface area contributed by atoms with Gasteiger partial charge in [-0.25, -0.2) is 9.78 Å². The highest BCUT2D eigenvalue weighted by Gasteiger charge is 2.20. The number of nitrogens with one attached hydrogen (secondary N) is 2. The van der Waals surface area contributed by atoms with Crippen molar-refractivity contribution in [2.75, 3.05) is 20.3 Å². The van der Waals surface area contributed by atoms with Gasteiger partial charge >= 0.3 is 5.69 Å². The summed E-state index contributed by atoms with van der Waals surface area (Å²) in [5.74, 6) is -0.186. The molecule has 0 saturated heterocycles. The molecular weight excluding hydrogens is 336 g/mol. The van der Waals surface area contributed by atoms with Gasteiger partial charge in [-0.1, -0.05) is 27.7 Å². The van der Waals surface area contributed by atoms with Crippen molar-refractivity contribution in [2.45, 2.75) is 40.2 Å². The first-order chi connectivity index (χ1) is 12.3. The number of ether oxygens (including phenoxy) is 1. The van der Waals surface area contributed by atoms with Gasteiger partial charge in [0.05, 0.1) is 17.6 Å². The lowest BCUT2D eigenvalue weighted by Gasteiger charge is -2.15. The molecule has 2 heterocycles. The average molecular weight is 362 g/mol. The van der Waals surface area contributed by atoms with E-state index in [9.17, 15) is 14.4 Å². The van der Waals surface area contributed by atoms with Gasteiger partial charge in [0.1, 0.15) is 0 Å². The maximum absolute atomic E-state index is 12.6. The van der Waals surface area contributed by atoms with Crippen molar-refractivity contribution >= 4 is 16.9 Å².